The first kappa shape index (κ1) is 16.5. The molecule has 0 fully saturated rings. The van der Waals surface area contributed by atoms with E-state index in [-0.39, 0.29) is 30.6 Å². The molecule has 4 nitrogen and oxygen atoms in total. The average Bonchev–Trinajstić information content (AvgIpc) is 2.57. The van der Waals surface area contributed by atoms with Crippen molar-refractivity contribution in [3.8, 4) is 0 Å². The number of nitrogens with zero attached hydrogens (tertiary/aromatic N) is 1. The number of carbonyl (C=O) groups excluding carboxylic acids is 2. The number of fused-ring (bicyclic) bond motifs is 1. The van der Waals surface area contributed by atoms with E-state index < -0.39 is 5.25 Å². The molecule has 2 aromatic rings. The highest BCUT2D eigenvalue weighted by atomic mass is 32.2. The van der Waals surface area contributed by atoms with Crippen LogP contribution in [0, 0.1) is 5.82 Å². The summed E-state index contributed by atoms with van der Waals surface area (Å²) < 4.78 is 13.7. The lowest BCUT2D eigenvalue weighted by atomic mass is 10.2. The van der Waals surface area contributed by atoms with Gasteiger partial charge in [-0.3, -0.25) is 9.59 Å². The maximum atomic E-state index is 13.7. The van der Waals surface area contributed by atoms with E-state index in [0.29, 0.717) is 5.56 Å². The van der Waals surface area contributed by atoms with E-state index in [2.05, 4.69) is 5.32 Å². The summed E-state index contributed by atoms with van der Waals surface area (Å²) in [5, 5.41) is 2.35. The van der Waals surface area contributed by atoms with Crippen LogP contribution in [0.25, 0.3) is 0 Å². The summed E-state index contributed by atoms with van der Waals surface area (Å²) in [4.78, 5) is 27.0. The fraction of sp³-hybridized carbons (Fsp3) is 0.222. The van der Waals surface area contributed by atoms with Gasteiger partial charge in [0.05, 0.1) is 10.9 Å². The zero-order valence-electron chi connectivity index (χ0n) is 13.2. The fourth-order valence-electron chi connectivity index (χ4n) is 2.51. The van der Waals surface area contributed by atoms with E-state index in [9.17, 15) is 14.0 Å². The first-order valence-corrected chi connectivity index (χ1v) is 8.46. The van der Waals surface area contributed by atoms with E-state index in [1.807, 2.05) is 24.3 Å². The number of thioether (sulfide) groups is 1. The zero-order valence-corrected chi connectivity index (χ0v) is 14.0. The molecule has 1 heterocycles. The number of rotatable bonds is 4. The third-order valence-corrected chi connectivity index (χ3v) is 5.13. The molecular weight excluding hydrogens is 327 g/mol. The van der Waals surface area contributed by atoms with Gasteiger partial charge in [-0.25, -0.2) is 4.39 Å². The Morgan fingerprint density at radius 3 is 2.71 bits per heavy atom. The Morgan fingerprint density at radius 2 is 1.92 bits per heavy atom. The molecule has 6 heteroatoms. The number of anilines is 1. The van der Waals surface area contributed by atoms with Crippen LogP contribution in [-0.2, 0) is 16.1 Å². The number of hydrogen-bond acceptors (Lipinski definition) is 3. The highest BCUT2D eigenvalue weighted by Gasteiger charge is 2.29. The summed E-state index contributed by atoms with van der Waals surface area (Å²) in [6.45, 7) is 0.182. The van der Waals surface area contributed by atoms with Crippen LogP contribution in [0.3, 0.4) is 0 Å². The summed E-state index contributed by atoms with van der Waals surface area (Å²) in [6.07, 6.45) is 0.0792. The molecule has 124 valence electrons. The van der Waals surface area contributed by atoms with Crippen LogP contribution >= 0.6 is 11.8 Å². The second-order valence-electron chi connectivity index (χ2n) is 5.64. The monoisotopic (exact) mass is 344 g/mol. The third kappa shape index (κ3) is 3.59. The molecule has 0 aromatic heterocycles. The first-order valence-electron chi connectivity index (χ1n) is 7.58. The molecule has 0 saturated heterocycles. The average molecular weight is 344 g/mol. The number of carbonyl (C=O) groups is 2. The summed E-state index contributed by atoms with van der Waals surface area (Å²) >= 11 is 1.39. The highest BCUT2D eigenvalue weighted by Crippen LogP contribution is 2.36. The molecule has 2 aromatic carbocycles. The normalized spacial score (nSPS) is 16.2. The largest absolute Gasteiger partial charge is 0.341 e. The van der Waals surface area contributed by atoms with E-state index in [4.69, 9.17) is 0 Å². The number of amides is 2. The molecule has 1 N–H and O–H groups in total. The van der Waals surface area contributed by atoms with Gasteiger partial charge in [0.2, 0.25) is 11.8 Å². The molecule has 1 aliphatic heterocycles. The van der Waals surface area contributed by atoms with Crippen molar-refractivity contribution in [1.82, 2.24) is 4.90 Å². The predicted molar refractivity (Wildman–Crippen MR) is 92.2 cm³/mol. The van der Waals surface area contributed by atoms with Gasteiger partial charge in [-0.05, 0) is 18.2 Å². The van der Waals surface area contributed by atoms with Crippen LogP contribution in [0.2, 0.25) is 0 Å². The topological polar surface area (TPSA) is 49.4 Å². The first-order chi connectivity index (χ1) is 11.5. The number of benzene rings is 2. The minimum atomic E-state index is -0.476. The summed E-state index contributed by atoms with van der Waals surface area (Å²) in [5.41, 5.74) is 1.23. The Hall–Kier alpha value is -2.34. The molecule has 0 aliphatic carbocycles. The number of nitrogens with one attached hydrogen (secondary N) is 1. The molecule has 1 aliphatic rings. The fourth-order valence-corrected chi connectivity index (χ4v) is 3.61. The molecule has 2 amide bonds. The van der Waals surface area contributed by atoms with Gasteiger partial charge in [0.25, 0.3) is 0 Å². The lowest BCUT2D eigenvalue weighted by molar-refractivity contribution is -0.131. The van der Waals surface area contributed by atoms with Crippen molar-refractivity contribution >= 4 is 29.3 Å². The van der Waals surface area contributed by atoms with Crippen LogP contribution in [-0.4, -0.2) is 29.0 Å². The van der Waals surface area contributed by atoms with Crippen molar-refractivity contribution in [2.75, 3.05) is 12.4 Å². The summed E-state index contributed by atoms with van der Waals surface area (Å²) in [6, 6.07) is 13.9. The van der Waals surface area contributed by atoms with Gasteiger partial charge < -0.3 is 10.2 Å². The Kier molecular flexibility index (Phi) is 4.85. The van der Waals surface area contributed by atoms with E-state index in [1.165, 1.54) is 22.7 Å². The number of para-hydroxylation sites is 1. The van der Waals surface area contributed by atoms with Crippen LogP contribution < -0.4 is 5.32 Å². The zero-order chi connectivity index (χ0) is 17.1. The predicted octanol–water partition coefficient (Wildman–Crippen LogP) is 3.29. The molecule has 0 bridgehead atoms. The highest BCUT2D eigenvalue weighted by molar-refractivity contribution is 8.01. The van der Waals surface area contributed by atoms with Gasteiger partial charge in [0.15, 0.2) is 0 Å². The van der Waals surface area contributed by atoms with Crippen LogP contribution in [0.1, 0.15) is 12.0 Å². The maximum absolute atomic E-state index is 13.7. The summed E-state index contributed by atoms with van der Waals surface area (Å²) in [5.74, 6) is -0.701. The lowest BCUT2D eigenvalue weighted by Crippen LogP contribution is -2.35. The Labute approximate surface area is 144 Å². The maximum Gasteiger partial charge on any atom is 0.238 e. The molecule has 1 unspecified atom stereocenters. The smallest absolute Gasteiger partial charge is 0.238 e. The third-order valence-electron chi connectivity index (χ3n) is 3.86. The van der Waals surface area contributed by atoms with Gasteiger partial charge in [0.1, 0.15) is 5.82 Å². The van der Waals surface area contributed by atoms with Crippen LogP contribution in [0.5, 0.6) is 0 Å². The van der Waals surface area contributed by atoms with E-state index >= 15 is 0 Å². The Balaban J connectivity index is 1.64. The number of hydrogen-bond donors (Lipinski definition) is 1. The molecule has 24 heavy (non-hydrogen) atoms. The standard InChI is InChI=1S/C18H17FN2O2S/c1-21(11-12-6-2-3-7-13(12)19)17(22)10-16-18(23)20-14-8-4-5-9-15(14)24-16/h2-9,16H,10-11H2,1H3,(H,20,23). The van der Waals surface area contributed by atoms with E-state index in [0.717, 1.165) is 10.6 Å². The Bertz CT molecular complexity index is 781. The molecule has 1 atom stereocenters. The van der Waals surface area contributed by atoms with Gasteiger partial charge in [-0.2, -0.15) is 0 Å². The van der Waals surface area contributed by atoms with Gasteiger partial charge >= 0.3 is 0 Å². The minimum absolute atomic E-state index is 0.0792. The van der Waals surface area contributed by atoms with Crippen molar-refractivity contribution < 1.29 is 14.0 Å². The van der Waals surface area contributed by atoms with Crippen molar-refractivity contribution in [3.63, 3.8) is 0 Å². The minimum Gasteiger partial charge on any atom is -0.341 e. The van der Waals surface area contributed by atoms with Gasteiger partial charge in [0, 0.05) is 30.5 Å². The van der Waals surface area contributed by atoms with Crippen molar-refractivity contribution in [1.29, 1.82) is 0 Å². The van der Waals surface area contributed by atoms with Crippen LogP contribution in [0.15, 0.2) is 53.4 Å². The molecule has 3 rings (SSSR count). The quantitative estimate of drug-likeness (QED) is 0.926. The molecule has 0 radical (unpaired) electrons. The molecule has 0 saturated carbocycles. The second-order valence-corrected chi connectivity index (χ2v) is 6.88. The van der Waals surface area contributed by atoms with Gasteiger partial charge in [-0.1, -0.05) is 30.3 Å². The molecule has 0 spiro atoms. The van der Waals surface area contributed by atoms with Gasteiger partial charge in [-0.15, -0.1) is 11.8 Å². The molecular formula is C18H17FN2O2S. The van der Waals surface area contributed by atoms with Crippen LogP contribution in [0.4, 0.5) is 10.1 Å². The van der Waals surface area contributed by atoms with Crippen molar-refractivity contribution in [2.45, 2.75) is 23.1 Å². The number of halogens is 1. The SMILES string of the molecule is CN(Cc1ccccc1F)C(=O)CC1Sc2ccccc2NC1=O. The van der Waals surface area contributed by atoms with Crippen molar-refractivity contribution in [2.24, 2.45) is 0 Å². The van der Waals surface area contributed by atoms with E-state index in [1.54, 1.807) is 25.2 Å². The summed E-state index contributed by atoms with van der Waals surface area (Å²) in [7, 11) is 1.62. The Morgan fingerprint density at radius 1 is 1.21 bits per heavy atom. The second kappa shape index (κ2) is 7.05. The van der Waals surface area contributed by atoms with Crippen molar-refractivity contribution in [3.05, 3.63) is 59.9 Å². The lowest BCUT2D eigenvalue weighted by Gasteiger charge is -2.25.